The first-order valence-electron chi connectivity index (χ1n) is 6.02. The van der Waals surface area contributed by atoms with Crippen LogP contribution in [0.5, 0.6) is 5.75 Å². The molecule has 2 atom stereocenters. The molecule has 0 aromatic heterocycles. The van der Waals surface area contributed by atoms with Crippen molar-refractivity contribution in [2.75, 3.05) is 0 Å². The highest BCUT2D eigenvalue weighted by Crippen LogP contribution is 2.44. The van der Waals surface area contributed by atoms with Gasteiger partial charge in [0.2, 0.25) is 0 Å². The molecule has 0 heterocycles. The molecular formula is C14H10F4O3S. The lowest BCUT2D eigenvalue weighted by Gasteiger charge is -2.27. The van der Waals surface area contributed by atoms with Gasteiger partial charge in [0.05, 0.1) is 0 Å². The van der Waals surface area contributed by atoms with E-state index in [1.807, 2.05) is 0 Å². The highest BCUT2D eigenvalue weighted by molar-refractivity contribution is 8.00. The van der Waals surface area contributed by atoms with E-state index in [1.54, 1.807) is 0 Å². The van der Waals surface area contributed by atoms with Crippen LogP contribution in [-0.4, -0.2) is 22.4 Å². The van der Waals surface area contributed by atoms with Gasteiger partial charge in [-0.1, -0.05) is 30.0 Å². The normalized spacial score (nSPS) is 24.3. The van der Waals surface area contributed by atoms with Crippen LogP contribution in [0.25, 0.3) is 0 Å². The zero-order chi connectivity index (χ0) is 16.4. The summed E-state index contributed by atoms with van der Waals surface area (Å²) in [5.74, 6) is -3.14. The number of alkyl halides is 4. The maximum Gasteiger partial charge on any atom is 0.573 e. The van der Waals surface area contributed by atoms with Gasteiger partial charge < -0.3 is 9.84 Å². The molecule has 0 saturated heterocycles. The maximum atomic E-state index is 14.8. The fraction of sp³-hybridized carbons (Fsp3) is 0.214. The zero-order valence-corrected chi connectivity index (χ0v) is 11.7. The van der Waals surface area contributed by atoms with E-state index in [1.165, 1.54) is 30.4 Å². The molecule has 2 unspecified atom stereocenters. The van der Waals surface area contributed by atoms with Gasteiger partial charge in [0.15, 0.2) is 5.00 Å². The fourth-order valence-electron chi connectivity index (χ4n) is 1.84. The van der Waals surface area contributed by atoms with Crippen LogP contribution in [0, 0.1) is 5.92 Å². The van der Waals surface area contributed by atoms with Crippen molar-refractivity contribution < 1.29 is 32.2 Å². The number of carboxylic acid groups (broad SMARTS) is 1. The molecule has 118 valence electrons. The number of benzene rings is 1. The molecule has 1 aromatic rings. The molecule has 0 aliphatic heterocycles. The second kappa shape index (κ2) is 6.04. The molecule has 1 aromatic carbocycles. The van der Waals surface area contributed by atoms with E-state index in [-0.39, 0.29) is 4.90 Å². The average Bonchev–Trinajstić information content (AvgIpc) is 2.39. The number of ether oxygens (including phenoxy) is 1. The van der Waals surface area contributed by atoms with Crippen molar-refractivity contribution in [2.45, 2.75) is 16.3 Å². The number of rotatable bonds is 4. The number of hydrogen-bond donors (Lipinski definition) is 1. The summed E-state index contributed by atoms with van der Waals surface area (Å²) in [6.45, 7) is 0. The summed E-state index contributed by atoms with van der Waals surface area (Å²) >= 11 is 0.608. The lowest BCUT2D eigenvalue weighted by atomic mass is 9.98. The van der Waals surface area contributed by atoms with E-state index in [9.17, 15) is 22.4 Å². The summed E-state index contributed by atoms with van der Waals surface area (Å²) in [6.07, 6.45) is 0.333. The summed E-state index contributed by atoms with van der Waals surface area (Å²) < 4.78 is 54.6. The van der Waals surface area contributed by atoms with E-state index < -0.39 is 29.0 Å². The Kier molecular flexibility index (Phi) is 4.50. The van der Waals surface area contributed by atoms with Gasteiger partial charge in [0.1, 0.15) is 11.7 Å². The van der Waals surface area contributed by atoms with Crippen LogP contribution in [-0.2, 0) is 4.79 Å². The van der Waals surface area contributed by atoms with E-state index in [4.69, 9.17) is 5.11 Å². The summed E-state index contributed by atoms with van der Waals surface area (Å²) in [4.78, 5) is 11.4. The Hall–Kier alpha value is -1.96. The minimum Gasteiger partial charge on any atom is -0.481 e. The lowest BCUT2D eigenvalue weighted by molar-refractivity contribution is -0.274. The van der Waals surface area contributed by atoms with Gasteiger partial charge in [-0.15, -0.1) is 13.2 Å². The topological polar surface area (TPSA) is 46.5 Å². The molecule has 0 amide bonds. The lowest BCUT2D eigenvalue weighted by Crippen LogP contribution is -2.33. The van der Waals surface area contributed by atoms with Crippen molar-refractivity contribution in [1.29, 1.82) is 0 Å². The quantitative estimate of drug-likeness (QED) is 0.840. The summed E-state index contributed by atoms with van der Waals surface area (Å²) in [7, 11) is 0. The molecule has 0 radical (unpaired) electrons. The van der Waals surface area contributed by atoms with Crippen molar-refractivity contribution in [3.8, 4) is 5.75 Å². The van der Waals surface area contributed by atoms with Gasteiger partial charge in [0, 0.05) is 4.90 Å². The molecule has 1 aliphatic carbocycles. The van der Waals surface area contributed by atoms with Gasteiger partial charge in [-0.3, -0.25) is 4.79 Å². The third kappa shape index (κ3) is 4.03. The van der Waals surface area contributed by atoms with Gasteiger partial charge in [-0.05, 0) is 30.3 Å². The van der Waals surface area contributed by atoms with E-state index in [2.05, 4.69) is 4.74 Å². The molecule has 0 bridgehead atoms. The standard InChI is InChI=1S/C14H10F4O3S/c15-13(8-2-1-3-11(13)12(19)20)22-10-6-4-9(5-7-10)21-14(16,17)18/h1-8,11H,(H,19,20). The number of hydrogen-bond acceptors (Lipinski definition) is 3. The summed E-state index contributed by atoms with van der Waals surface area (Å²) in [5.41, 5.74) is 0. The molecule has 0 spiro atoms. The number of allylic oxidation sites excluding steroid dienone is 2. The van der Waals surface area contributed by atoms with Crippen LogP contribution < -0.4 is 4.74 Å². The van der Waals surface area contributed by atoms with Gasteiger partial charge in [-0.2, -0.15) is 0 Å². The van der Waals surface area contributed by atoms with Crippen LogP contribution >= 0.6 is 11.8 Å². The van der Waals surface area contributed by atoms with E-state index in [0.717, 1.165) is 18.2 Å². The Bertz CT molecular complexity index is 610. The van der Waals surface area contributed by atoms with E-state index in [0.29, 0.717) is 11.8 Å². The predicted octanol–water partition coefficient (Wildman–Crippen LogP) is 4.17. The summed E-state index contributed by atoms with van der Waals surface area (Å²) in [5, 5.41) is 6.82. The van der Waals surface area contributed by atoms with Crippen molar-refractivity contribution >= 4 is 17.7 Å². The van der Waals surface area contributed by atoms with E-state index >= 15 is 0 Å². The molecule has 1 aliphatic rings. The molecule has 0 saturated carbocycles. The van der Waals surface area contributed by atoms with Crippen molar-refractivity contribution in [3.05, 3.63) is 48.6 Å². The first kappa shape index (κ1) is 16.4. The number of halogens is 4. The molecule has 22 heavy (non-hydrogen) atoms. The second-order valence-electron chi connectivity index (χ2n) is 4.38. The second-order valence-corrected chi connectivity index (χ2v) is 5.68. The maximum absolute atomic E-state index is 14.8. The van der Waals surface area contributed by atoms with Gasteiger partial charge in [-0.25, -0.2) is 4.39 Å². The molecular weight excluding hydrogens is 324 g/mol. The summed E-state index contributed by atoms with van der Waals surface area (Å²) in [6, 6.07) is 4.55. The monoisotopic (exact) mass is 334 g/mol. The fourth-order valence-corrected chi connectivity index (χ4v) is 2.92. The Morgan fingerprint density at radius 1 is 1.23 bits per heavy atom. The Balaban J connectivity index is 2.14. The van der Waals surface area contributed by atoms with Crippen molar-refractivity contribution in [2.24, 2.45) is 5.92 Å². The molecule has 0 fully saturated rings. The third-order valence-electron chi connectivity index (χ3n) is 2.76. The van der Waals surface area contributed by atoms with Gasteiger partial charge in [0.25, 0.3) is 0 Å². The van der Waals surface area contributed by atoms with Crippen molar-refractivity contribution in [3.63, 3.8) is 0 Å². The van der Waals surface area contributed by atoms with Crippen LogP contribution in [0.4, 0.5) is 17.6 Å². The number of carbonyl (C=O) groups is 1. The van der Waals surface area contributed by atoms with Crippen molar-refractivity contribution in [1.82, 2.24) is 0 Å². The highest BCUT2D eigenvalue weighted by Gasteiger charge is 2.42. The first-order chi connectivity index (χ1) is 10.2. The Labute approximate surface area is 127 Å². The molecule has 2 rings (SSSR count). The number of carboxylic acids is 1. The number of thioether (sulfide) groups is 1. The van der Waals surface area contributed by atoms with Crippen LogP contribution in [0.3, 0.4) is 0 Å². The third-order valence-corrected chi connectivity index (χ3v) is 3.97. The van der Waals surface area contributed by atoms with Crippen LogP contribution in [0.15, 0.2) is 53.5 Å². The predicted molar refractivity (Wildman–Crippen MR) is 72.2 cm³/mol. The average molecular weight is 334 g/mol. The molecule has 8 heteroatoms. The minimum absolute atomic E-state index is 0.281. The molecule has 1 N–H and O–H groups in total. The highest BCUT2D eigenvalue weighted by atomic mass is 32.2. The molecule has 3 nitrogen and oxygen atoms in total. The first-order valence-corrected chi connectivity index (χ1v) is 6.84. The largest absolute Gasteiger partial charge is 0.573 e. The SMILES string of the molecule is O=C(O)C1C=CC=CC1(F)Sc1ccc(OC(F)(F)F)cc1. The number of aliphatic carboxylic acids is 1. The smallest absolute Gasteiger partial charge is 0.481 e. The van der Waals surface area contributed by atoms with Crippen LogP contribution in [0.1, 0.15) is 0 Å². The Morgan fingerprint density at radius 3 is 2.41 bits per heavy atom. The Morgan fingerprint density at radius 2 is 1.86 bits per heavy atom. The zero-order valence-electron chi connectivity index (χ0n) is 10.9. The van der Waals surface area contributed by atoms with Crippen LogP contribution in [0.2, 0.25) is 0 Å². The minimum atomic E-state index is -4.80. The van der Waals surface area contributed by atoms with Gasteiger partial charge >= 0.3 is 12.3 Å².